The smallest absolute Gasteiger partial charge is 0.188 e. The van der Waals surface area contributed by atoms with Crippen LogP contribution in [-0.2, 0) is 0 Å². The fraction of sp³-hybridized carbons (Fsp3) is 0.0625. The number of carbonyl (C=O) groups is 1. The fourth-order valence-electron chi connectivity index (χ4n) is 1.75. The molecule has 0 amide bonds. The van der Waals surface area contributed by atoms with Crippen molar-refractivity contribution < 1.29 is 23.4 Å². The lowest BCUT2D eigenvalue weighted by atomic mass is 10.1. The first-order valence-corrected chi connectivity index (χ1v) is 6.05. The van der Waals surface area contributed by atoms with E-state index < -0.39 is 17.4 Å². The van der Waals surface area contributed by atoms with Crippen LogP contribution in [0.25, 0.3) is 6.08 Å². The van der Waals surface area contributed by atoms with Gasteiger partial charge in [0.2, 0.25) is 0 Å². The fourth-order valence-corrected chi connectivity index (χ4v) is 1.75. The van der Waals surface area contributed by atoms with Crippen LogP contribution in [0.2, 0.25) is 0 Å². The number of ether oxygens (including phenoxy) is 1. The summed E-state index contributed by atoms with van der Waals surface area (Å²) >= 11 is 0. The molecule has 2 aromatic rings. The lowest BCUT2D eigenvalue weighted by Crippen LogP contribution is -1.99. The first-order chi connectivity index (χ1) is 10.0. The molecule has 0 aromatic heterocycles. The molecular formula is C16H12F2O3. The first-order valence-electron chi connectivity index (χ1n) is 6.05. The molecule has 0 aliphatic heterocycles. The van der Waals surface area contributed by atoms with Gasteiger partial charge in [0.25, 0.3) is 0 Å². The number of phenols is 1. The van der Waals surface area contributed by atoms with E-state index in [9.17, 15) is 18.7 Å². The van der Waals surface area contributed by atoms with Crippen molar-refractivity contribution in [3.63, 3.8) is 0 Å². The van der Waals surface area contributed by atoms with Crippen molar-refractivity contribution in [2.45, 2.75) is 0 Å². The van der Waals surface area contributed by atoms with E-state index in [1.54, 1.807) is 6.07 Å². The Balaban J connectivity index is 2.22. The Hall–Kier alpha value is -2.69. The van der Waals surface area contributed by atoms with Crippen molar-refractivity contribution >= 4 is 11.9 Å². The lowest BCUT2D eigenvalue weighted by molar-refractivity contribution is 0.104. The number of hydrogen-bond acceptors (Lipinski definition) is 3. The van der Waals surface area contributed by atoms with Crippen molar-refractivity contribution in [3.8, 4) is 11.5 Å². The maximum Gasteiger partial charge on any atom is 0.188 e. The van der Waals surface area contributed by atoms with Gasteiger partial charge in [-0.3, -0.25) is 4.79 Å². The molecule has 0 aliphatic carbocycles. The van der Waals surface area contributed by atoms with E-state index in [0.717, 1.165) is 12.1 Å². The monoisotopic (exact) mass is 290 g/mol. The van der Waals surface area contributed by atoms with E-state index >= 15 is 0 Å². The minimum absolute atomic E-state index is 0.0226. The van der Waals surface area contributed by atoms with Crippen LogP contribution in [0.3, 0.4) is 0 Å². The third-order valence-corrected chi connectivity index (χ3v) is 2.83. The molecule has 2 rings (SSSR count). The average Bonchev–Trinajstić information content (AvgIpc) is 2.46. The predicted octanol–water partition coefficient (Wildman–Crippen LogP) is 3.58. The number of carbonyl (C=O) groups excluding carboxylic acids is 1. The molecule has 0 fully saturated rings. The topological polar surface area (TPSA) is 46.5 Å². The van der Waals surface area contributed by atoms with E-state index in [1.807, 2.05) is 0 Å². The van der Waals surface area contributed by atoms with Crippen LogP contribution in [-0.4, -0.2) is 18.0 Å². The number of rotatable bonds is 4. The van der Waals surface area contributed by atoms with Crippen LogP contribution in [0.15, 0.2) is 42.5 Å². The zero-order valence-corrected chi connectivity index (χ0v) is 11.1. The van der Waals surface area contributed by atoms with Gasteiger partial charge in [-0.15, -0.1) is 0 Å². The molecule has 1 N–H and O–H groups in total. The molecule has 0 spiro atoms. The van der Waals surface area contributed by atoms with E-state index in [-0.39, 0.29) is 17.1 Å². The van der Waals surface area contributed by atoms with E-state index in [0.29, 0.717) is 11.6 Å². The molecule has 0 aliphatic rings. The maximum atomic E-state index is 13.5. The summed E-state index contributed by atoms with van der Waals surface area (Å²) in [6.45, 7) is 0. The molecule has 5 heteroatoms. The summed E-state index contributed by atoms with van der Waals surface area (Å²) in [5.74, 6) is -1.99. The highest BCUT2D eigenvalue weighted by molar-refractivity contribution is 6.07. The van der Waals surface area contributed by atoms with Crippen molar-refractivity contribution in [1.29, 1.82) is 0 Å². The van der Waals surface area contributed by atoms with Gasteiger partial charge in [0.05, 0.1) is 12.7 Å². The van der Waals surface area contributed by atoms with E-state index in [1.165, 1.54) is 31.4 Å². The molecule has 0 saturated heterocycles. The lowest BCUT2D eigenvalue weighted by Gasteiger charge is -2.03. The summed E-state index contributed by atoms with van der Waals surface area (Å²) in [6.07, 6.45) is 2.62. The molecule has 0 bridgehead atoms. The Kier molecular flexibility index (Phi) is 4.33. The van der Waals surface area contributed by atoms with Gasteiger partial charge in [-0.25, -0.2) is 8.78 Å². The van der Waals surface area contributed by atoms with Gasteiger partial charge in [-0.05, 0) is 35.9 Å². The van der Waals surface area contributed by atoms with Crippen molar-refractivity contribution in [3.05, 3.63) is 65.2 Å². The van der Waals surface area contributed by atoms with Crippen molar-refractivity contribution in [1.82, 2.24) is 0 Å². The molecule has 2 aromatic carbocycles. The quantitative estimate of drug-likeness (QED) is 0.691. The van der Waals surface area contributed by atoms with Crippen LogP contribution in [0.1, 0.15) is 15.9 Å². The number of ketones is 1. The van der Waals surface area contributed by atoms with Gasteiger partial charge in [0, 0.05) is 6.07 Å². The number of methoxy groups -OCH3 is 1. The zero-order valence-electron chi connectivity index (χ0n) is 11.1. The number of phenolic OH excluding ortho intramolecular Hbond substituents is 1. The molecular weight excluding hydrogens is 278 g/mol. The zero-order chi connectivity index (χ0) is 15.4. The summed E-state index contributed by atoms with van der Waals surface area (Å²) in [6, 6.07) is 7.29. The van der Waals surface area contributed by atoms with Gasteiger partial charge in [-0.2, -0.15) is 0 Å². The minimum Gasteiger partial charge on any atom is -0.504 e. The largest absolute Gasteiger partial charge is 0.504 e. The molecule has 0 unspecified atom stereocenters. The number of hydrogen-bond donors (Lipinski definition) is 1. The Morgan fingerprint density at radius 2 is 1.95 bits per heavy atom. The van der Waals surface area contributed by atoms with Gasteiger partial charge >= 0.3 is 0 Å². The molecule has 0 heterocycles. The second-order valence-electron chi connectivity index (χ2n) is 4.25. The number of benzene rings is 2. The molecule has 0 atom stereocenters. The minimum atomic E-state index is -0.909. The first kappa shape index (κ1) is 14.7. The number of allylic oxidation sites excluding steroid dienone is 1. The second kappa shape index (κ2) is 6.17. The summed E-state index contributed by atoms with van der Waals surface area (Å²) in [7, 11) is 1.40. The highest BCUT2D eigenvalue weighted by atomic mass is 19.1. The third-order valence-electron chi connectivity index (χ3n) is 2.83. The van der Waals surface area contributed by atoms with Crippen molar-refractivity contribution in [2.75, 3.05) is 7.11 Å². The number of halogens is 2. The Labute approximate surface area is 120 Å². The van der Waals surface area contributed by atoms with Crippen LogP contribution in [0.5, 0.6) is 11.5 Å². The predicted molar refractivity (Wildman–Crippen MR) is 74.4 cm³/mol. The number of aromatic hydroxyl groups is 1. The standard InChI is InChI=1S/C16H12F2O3/c1-21-16-8-10(3-7-15(16)20)2-6-14(19)12-5-4-11(17)9-13(12)18/h2-9,20H,1H3/b6-2+. The van der Waals surface area contributed by atoms with E-state index in [4.69, 9.17) is 4.74 Å². The summed E-state index contributed by atoms with van der Waals surface area (Å²) in [5, 5.41) is 9.45. The molecule has 0 saturated carbocycles. The Morgan fingerprint density at radius 1 is 1.19 bits per heavy atom. The van der Waals surface area contributed by atoms with Crippen molar-refractivity contribution in [2.24, 2.45) is 0 Å². The molecule has 3 nitrogen and oxygen atoms in total. The van der Waals surface area contributed by atoms with Gasteiger partial charge < -0.3 is 9.84 Å². The van der Waals surface area contributed by atoms with Gasteiger partial charge in [0.1, 0.15) is 11.6 Å². The van der Waals surface area contributed by atoms with Crippen LogP contribution in [0, 0.1) is 11.6 Å². The summed E-state index contributed by atoms with van der Waals surface area (Å²) in [4.78, 5) is 11.8. The van der Waals surface area contributed by atoms with Crippen LogP contribution >= 0.6 is 0 Å². The van der Waals surface area contributed by atoms with Crippen LogP contribution < -0.4 is 4.74 Å². The highest BCUT2D eigenvalue weighted by Crippen LogP contribution is 2.26. The van der Waals surface area contributed by atoms with E-state index in [2.05, 4.69) is 0 Å². The molecule has 21 heavy (non-hydrogen) atoms. The molecule has 0 radical (unpaired) electrons. The van der Waals surface area contributed by atoms with Gasteiger partial charge in [0.15, 0.2) is 17.3 Å². The Morgan fingerprint density at radius 3 is 2.62 bits per heavy atom. The third kappa shape index (κ3) is 3.45. The SMILES string of the molecule is COc1cc(/C=C/C(=O)c2ccc(F)cc2F)ccc1O. The Bertz CT molecular complexity index is 709. The van der Waals surface area contributed by atoms with Gasteiger partial charge in [-0.1, -0.05) is 12.1 Å². The average molecular weight is 290 g/mol. The second-order valence-corrected chi connectivity index (χ2v) is 4.25. The molecule has 108 valence electrons. The summed E-state index contributed by atoms with van der Waals surface area (Å²) in [5.41, 5.74) is 0.388. The van der Waals surface area contributed by atoms with Crippen LogP contribution in [0.4, 0.5) is 8.78 Å². The summed E-state index contributed by atoms with van der Waals surface area (Å²) < 4.78 is 31.2. The normalized spacial score (nSPS) is 10.8. The highest BCUT2D eigenvalue weighted by Gasteiger charge is 2.09. The maximum absolute atomic E-state index is 13.5.